The summed E-state index contributed by atoms with van der Waals surface area (Å²) in [4.78, 5) is 12.0. The molecule has 1 heterocycles. The molecule has 5 nitrogen and oxygen atoms in total. The first-order valence-electron chi connectivity index (χ1n) is 7.28. The van der Waals surface area contributed by atoms with Crippen molar-refractivity contribution in [1.82, 2.24) is 15.1 Å². The first-order chi connectivity index (χ1) is 10.3. The maximum atomic E-state index is 12.0. The van der Waals surface area contributed by atoms with Crippen LogP contribution in [-0.4, -0.2) is 37.4 Å². The van der Waals surface area contributed by atoms with E-state index >= 15 is 0 Å². The quantitative estimate of drug-likeness (QED) is 0.434. The summed E-state index contributed by atoms with van der Waals surface area (Å²) in [6.45, 7) is 8.08. The SMILES string of the molecule is CNC(=O)c1nn(COCC[Si](C)(C)C)c2ccc(I)cc12. The third-order valence-electron chi connectivity index (χ3n) is 3.36. The van der Waals surface area contributed by atoms with Crippen molar-refractivity contribution < 1.29 is 9.53 Å². The number of carbonyl (C=O) groups excluding carboxylic acids is 1. The molecule has 0 saturated heterocycles. The molecule has 0 saturated carbocycles. The van der Waals surface area contributed by atoms with E-state index in [1.807, 2.05) is 18.2 Å². The zero-order valence-corrected chi connectivity index (χ0v) is 16.6. The largest absolute Gasteiger partial charge is 0.360 e. The number of ether oxygens (including phenoxy) is 1. The molecule has 2 rings (SSSR count). The van der Waals surface area contributed by atoms with E-state index in [9.17, 15) is 4.79 Å². The van der Waals surface area contributed by atoms with E-state index < -0.39 is 8.07 Å². The fourth-order valence-corrected chi connectivity index (χ4v) is 3.31. The molecule has 1 aromatic carbocycles. The molecule has 1 N–H and O–H groups in total. The summed E-state index contributed by atoms with van der Waals surface area (Å²) in [5.74, 6) is -0.173. The molecule has 7 heteroatoms. The number of hydrogen-bond donors (Lipinski definition) is 1. The van der Waals surface area contributed by atoms with Crippen LogP contribution in [-0.2, 0) is 11.5 Å². The molecule has 0 radical (unpaired) electrons. The first-order valence-corrected chi connectivity index (χ1v) is 12.1. The molecule has 1 amide bonds. The van der Waals surface area contributed by atoms with E-state index in [1.165, 1.54) is 0 Å². The zero-order chi connectivity index (χ0) is 16.3. The summed E-state index contributed by atoms with van der Waals surface area (Å²) in [6, 6.07) is 7.09. The topological polar surface area (TPSA) is 56.2 Å². The molecule has 2 aromatic rings. The number of amides is 1. The van der Waals surface area contributed by atoms with E-state index in [0.29, 0.717) is 12.4 Å². The minimum Gasteiger partial charge on any atom is -0.360 e. The van der Waals surface area contributed by atoms with E-state index in [-0.39, 0.29) is 5.91 Å². The summed E-state index contributed by atoms with van der Waals surface area (Å²) in [7, 11) is 0.522. The van der Waals surface area contributed by atoms with Gasteiger partial charge in [-0.3, -0.25) is 4.79 Å². The number of benzene rings is 1. The minimum atomic E-state index is -1.09. The normalized spacial score (nSPS) is 11.9. The number of carbonyl (C=O) groups is 1. The van der Waals surface area contributed by atoms with Crippen LogP contribution in [0.15, 0.2) is 18.2 Å². The summed E-state index contributed by atoms with van der Waals surface area (Å²) in [6.07, 6.45) is 0. The number of halogens is 1. The Hall–Kier alpha value is -0.933. The highest BCUT2D eigenvalue weighted by molar-refractivity contribution is 14.1. The first kappa shape index (κ1) is 17.4. The van der Waals surface area contributed by atoms with E-state index in [4.69, 9.17) is 4.74 Å². The van der Waals surface area contributed by atoms with Crippen molar-refractivity contribution in [2.75, 3.05) is 13.7 Å². The van der Waals surface area contributed by atoms with Crippen molar-refractivity contribution in [3.8, 4) is 0 Å². The van der Waals surface area contributed by atoms with Crippen LogP contribution in [0.3, 0.4) is 0 Å². The second-order valence-corrected chi connectivity index (χ2v) is 13.3. The highest BCUT2D eigenvalue weighted by atomic mass is 127. The molecule has 1 aromatic heterocycles. The monoisotopic (exact) mass is 431 g/mol. The Morgan fingerprint density at radius 2 is 2.14 bits per heavy atom. The van der Waals surface area contributed by atoms with Crippen LogP contribution < -0.4 is 5.32 Å². The van der Waals surface area contributed by atoms with Crippen molar-refractivity contribution in [2.45, 2.75) is 32.4 Å². The lowest BCUT2D eigenvalue weighted by atomic mass is 10.2. The fraction of sp³-hybridized carbons (Fsp3) is 0.467. The molecular weight excluding hydrogens is 409 g/mol. The summed E-state index contributed by atoms with van der Waals surface area (Å²) in [5.41, 5.74) is 1.37. The molecule has 0 aliphatic carbocycles. The van der Waals surface area contributed by atoms with E-state index in [2.05, 4.69) is 52.6 Å². The van der Waals surface area contributed by atoms with Gasteiger partial charge < -0.3 is 10.1 Å². The van der Waals surface area contributed by atoms with Gasteiger partial charge in [-0.25, -0.2) is 4.68 Å². The van der Waals surface area contributed by atoms with Crippen molar-refractivity contribution in [2.24, 2.45) is 0 Å². The second-order valence-electron chi connectivity index (χ2n) is 6.44. The third kappa shape index (κ3) is 4.29. The molecule has 0 aliphatic heterocycles. The van der Waals surface area contributed by atoms with Gasteiger partial charge in [-0.2, -0.15) is 5.10 Å². The predicted octanol–water partition coefficient (Wildman–Crippen LogP) is 3.31. The van der Waals surface area contributed by atoms with Crippen LogP contribution in [0.1, 0.15) is 10.5 Å². The Kier molecular flexibility index (Phi) is 5.62. The van der Waals surface area contributed by atoms with Crippen LogP contribution in [0.4, 0.5) is 0 Å². The zero-order valence-electron chi connectivity index (χ0n) is 13.4. The second kappa shape index (κ2) is 7.09. The Morgan fingerprint density at radius 3 is 2.77 bits per heavy atom. The highest BCUT2D eigenvalue weighted by Crippen LogP contribution is 2.21. The van der Waals surface area contributed by atoms with Gasteiger partial charge in [-0.05, 0) is 46.8 Å². The van der Waals surface area contributed by atoms with E-state index in [0.717, 1.165) is 27.1 Å². The van der Waals surface area contributed by atoms with Crippen LogP contribution in [0.5, 0.6) is 0 Å². The van der Waals surface area contributed by atoms with Crippen molar-refractivity contribution >= 4 is 47.5 Å². The summed E-state index contributed by atoms with van der Waals surface area (Å²) in [5, 5.41) is 7.92. The van der Waals surface area contributed by atoms with Gasteiger partial charge >= 0.3 is 0 Å². The Labute approximate surface area is 145 Å². The summed E-state index contributed by atoms with van der Waals surface area (Å²) < 4.78 is 8.60. The number of fused-ring (bicyclic) bond motifs is 1. The highest BCUT2D eigenvalue weighted by Gasteiger charge is 2.17. The smallest absolute Gasteiger partial charge is 0.272 e. The van der Waals surface area contributed by atoms with E-state index in [1.54, 1.807) is 11.7 Å². The molecule has 0 bridgehead atoms. The van der Waals surface area contributed by atoms with Gasteiger partial charge in [-0.1, -0.05) is 19.6 Å². The number of nitrogens with zero attached hydrogens (tertiary/aromatic N) is 2. The number of nitrogens with one attached hydrogen (secondary N) is 1. The van der Waals surface area contributed by atoms with Crippen LogP contribution in [0.25, 0.3) is 10.9 Å². The standard InChI is InChI=1S/C15H22IN3O2Si/c1-17-15(20)14-12-9-11(16)5-6-13(12)19(18-14)10-21-7-8-22(2,3)4/h5-6,9H,7-8,10H2,1-4H3,(H,17,20). The molecule has 0 spiro atoms. The lowest BCUT2D eigenvalue weighted by molar-refractivity contribution is 0.0805. The molecule has 0 unspecified atom stereocenters. The minimum absolute atomic E-state index is 0.173. The van der Waals surface area contributed by atoms with Gasteiger partial charge in [0.1, 0.15) is 6.73 Å². The average molecular weight is 431 g/mol. The Balaban J connectivity index is 2.21. The predicted molar refractivity (Wildman–Crippen MR) is 99.9 cm³/mol. The summed E-state index contributed by atoms with van der Waals surface area (Å²) >= 11 is 2.24. The Morgan fingerprint density at radius 1 is 1.41 bits per heavy atom. The molecule has 0 fully saturated rings. The van der Waals surface area contributed by atoms with Crippen LogP contribution in [0, 0.1) is 3.57 Å². The van der Waals surface area contributed by atoms with Gasteiger partial charge in [0.15, 0.2) is 5.69 Å². The maximum absolute atomic E-state index is 12.0. The van der Waals surface area contributed by atoms with Crippen LogP contribution >= 0.6 is 22.6 Å². The van der Waals surface area contributed by atoms with Crippen LogP contribution in [0.2, 0.25) is 25.7 Å². The number of hydrogen-bond acceptors (Lipinski definition) is 3. The molecule has 0 atom stereocenters. The number of rotatable bonds is 6. The third-order valence-corrected chi connectivity index (χ3v) is 5.74. The lowest BCUT2D eigenvalue weighted by Gasteiger charge is -2.15. The van der Waals surface area contributed by atoms with Crippen molar-refractivity contribution in [3.63, 3.8) is 0 Å². The van der Waals surface area contributed by atoms with Crippen molar-refractivity contribution in [1.29, 1.82) is 0 Å². The number of aromatic nitrogens is 2. The maximum Gasteiger partial charge on any atom is 0.272 e. The fourth-order valence-electron chi connectivity index (χ4n) is 2.07. The average Bonchev–Trinajstić information content (AvgIpc) is 2.79. The Bertz CT molecular complexity index is 679. The molecule has 0 aliphatic rings. The van der Waals surface area contributed by atoms with Gasteiger partial charge in [-0.15, -0.1) is 0 Å². The van der Waals surface area contributed by atoms with Gasteiger partial charge in [0.25, 0.3) is 5.91 Å². The van der Waals surface area contributed by atoms with Crippen molar-refractivity contribution in [3.05, 3.63) is 27.5 Å². The lowest BCUT2D eigenvalue weighted by Crippen LogP contribution is -2.22. The van der Waals surface area contributed by atoms with Gasteiger partial charge in [0.05, 0.1) is 5.52 Å². The van der Waals surface area contributed by atoms with Gasteiger partial charge in [0.2, 0.25) is 0 Å². The molecular formula is C15H22IN3O2Si. The molecule has 22 heavy (non-hydrogen) atoms. The van der Waals surface area contributed by atoms with Gasteiger partial charge in [0, 0.05) is 30.7 Å². The molecule has 120 valence electrons.